The molecule has 1 aromatic rings. The second-order valence-electron chi connectivity index (χ2n) is 6.75. The Labute approximate surface area is 159 Å². The molecule has 1 fully saturated rings. The van der Waals surface area contributed by atoms with Gasteiger partial charge in [0, 0.05) is 11.7 Å². The topological polar surface area (TPSA) is 92.8 Å². The van der Waals surface area contributed by atoms with Gasteiger partial charge >= 0.3 is 5.97 Å². The third-order valence-corrected chi connectivity index (χ3v) is 6.14. The predicted molar refractivity (Wildman–Crippen MR) is 99.4 cm³/mol. The molecule has 0 unspecified atom stereocenters. The average molecular weight is 392 g/mol. The van der Waals surface area contributed by atoms with E-state index in [1.807, 2.05) is 0 Å². The molecular weight excluding hydrogens is 368 g/mol. The summed E-state index contributed by atoms with van der Waals surface area (Å²) < 4.78 is 31.1. The fraction of sp³-hybridized carbons (Fsp3) is 0.474. The maximum absolute atomic E-state index is 12.6. The summed E-state index contributed by atoms with van der Waals surface area (Å²) in [5.74, 6) is -0.942. The first-order chi connectivity index (χ1) is 12.9. The van der Waals surface area contributed by atoms with Gasteiger partial charge in [-0.3, -0.25) is 4.79 Å². The number of esters is 1. The molecular formula is C19H24N2O5S. The van der Waals surface area contributed by atoms with Crippen molar-refractivity contribution in [1.29, 1.82) is 0 Å². The minimum atomic E-state index is -3.66. The predicted octanol–water partition coefficient (Wildman–Crippen LogP) is 2.20. The Morgan fingerprint density at radius 1 is 1.26 bits per heavy atom. The van der Waals surface area contributed by atoms with E-state index in [1.165, 1.54) is 31.3 Å². The van der Waals surface area contributed by atoms with E-state index in [9.17, 15) is 18.0 Å². The molecule has 1 aromatic carbocycles. The van der Waals surface area contributed by atoms with Crippen LogP contribution in [0.3, 0.4) is 0 Å². The number of nitrogens with zero attached hydrogens (tertiary/aromatic N) is 1. The quantitative estimate of drug-likeness (QED) is 0.718. The molecule has 1 amide bonds. The number of benzene rings is 1. The number of rotatable bonds is 7. The van der Waals surface area contributed by atoms with E-state index < -0.39 is 16.0 Å². The Bertz CT molecular complexity index is 859. The van der Waals surface area contributed by atoms with Gasteiger partial charge in [-0.25, -0.2) is 17.9 Å². The van der Waals surface area contributed by atoms with Gasteiger partial charge in [0.15, 0.2) is 6.61 Å². The van der Waals surface area contributed by atoms with Crippen molar-refractivity contribution >= 4 is 21.9 Å². The number of carbonyl (C=O) groups is 2. The number of carbonyl (C=O) groups excluding carboxylic acids is 2. The number of hydrogen-bond donors (Lipinski definition) is 1. The summed E-state index contributed by atoms with van der Waals surface area (Å²) in [6.07, 6.45) is 8.10. The highest BCUT2D eigenvalue weighted by Gasteiger charge is 2.35. The van der Waals surface area contributed by atoms with Crippen LogP contribution in [0.4, 0.5) is 0 Å². The molecule has 0 radical (unpaired) electrons. The molecule has 0 spiro atoms. The molecule has 27 heavy (non-hydrogen) atoms. The van der Waals surface area contributed by atoms with E-state index in [0.717, 1.165) is 44.2 Å². The lowest BCUT2D eigenvalue weighted by Crippen LogP contribution is -2.36. The van der Waals surface area contributed by atoms with Crippen molar-refractivity contribution < 1.29 is 22.7 Å². The zero-order valence-corrected chi connectivity index (χ0v) is 16.1. The van der Waals surface area contributed by atoms with Crippen LogP contribution in [0.1, 0.15) is 48.9 Å². The van der Waals surface area contributed by atoms with E-state index in [4.69, 9.17) is 4.74 Å². The van der Waals surface area contributed by atoms with Gasteiger partial charge in [-0.1, -0.05) is 12.1 Å². The number of allylic oxidation sites excluding steroid dienone is 2. The molecule has 7 nitrogen and oxygen atoms in total. The standard InChI is InChI=1S/C19H24N2O5S/c1-20-27(24,25)17-9-5-6-14(12-17)19(23)26-13-18(22)21(16-10-11-16)15-7-3-2-4-8-15/h5-7,9,12,16,20H,2-4,8,10-11,13H2,1H3. The van der Waals surface area contributed by atoms with Crippen LogP contribution >= 0.6 is 0 Å². The van der Waals surface area contributed by atoms with Gasteiger partial charge < -0.3 is 9.64 Å². The number of sulfonamides is 1. The van der Waals surface area contributed by atoms with Gasteiger partial charge in [-0.05, 0) is 63.8 Å². The number of nitrogens with one attached hydrogen (secondary N) is 1. The first-order valence-electron chi connectivity index (χ1n) is 9.14. The van der Waals surface area contributed by atoms with Crippen LogP contribution in [0.5, 0.6) is 0 Å². The second-order valence-corrected chi connectivity index (χ2v) is 8.63. The Morgan fingerprint density at radius 2 is 2.04 bits per heavy atom. The SMILES string of the molecule is CNS(=O)(=O)c1cccc(C(=O)OCC(=O)N(C2=CCCCC2)C2CC2)c1. The molecule has 1 saturated carbocycles. The lowest BCUT2D eigenvalue weighted by Gasteiger charge is -2.27. The van der Waals surface area contributed by atoms with Crippen molar-refractivity contribution in [3.05, 3.63) is 41.6 Å². The molecule has 0 aromatic heterocycles. The van der Waals surface area contributed by atoms with Crippen molar-refractivity contribution in [3.63, 3.8) is 0 Å². The van der Waals surface area contributed by atoms with E-state index in [0.29, 0.717) is 0 Å². The lowest BCUT2D eigenvalue weighted by atomic mass is 10.0. The second kappa shape index (κ2) is 8.22. The monoisotopic (exact) mass is 392 g/mol. The molecule has 0 bridgehead atoms. The molecule has 0 saturated heterocycles. The molecule has 0 aliphatic heterocycles. The Hall–Kier alpha value is -2.19. The summed E-state index contributed by atoms with van der Waals surface area (Å²) in [7, 11) is -2.36. The summed E-state index contributed by atoms with van der Waals surface area (Å²) in [6, 6.07) is 5.76. The van der Waals surface area contributed by atoms with Crippen LogP contribution in [0.15, 0.2) is 40.9 Å². The van der Waals surface area contributed by atoms with Crippen LogP contribution in [0, 0.1) is 0 Å². The van der Waals surface area contributed by atoms with Gasteiger partial charge in [-0.15, -0.1) is 0 Å². The van der Waals surface area contributed by atoms with E-state index >= 15 is 0 Å². The van der Waals surface area contributed by atoms with Crippen molar-refractivity contribution in [1.82, 2.24) is 9.62 Å². The fourth-order valence-electron chi connectivity index (χ4n) is 3.16. The summed E-state index contributed by atoms with van der Waals surface area (Å²) in [5, 5.41) is 0. The van der Waals surface area contributed by atoms with Crippen LogP contribution in [0.2, 0.25) is 0 Å². The summed E-state index contributed by atoms with van der Waals surface area (Å²) in [6.45, 7) is -0.352. The minimum absolute atomic E-state index is 0.0299. The van der Waals surface area contributed by atoms with Gasteiger partial charge in [0.2, 0.25) is 10.0 Å². The largest absolute Gasteiger partial charge is 0.452 e. The summed E-state index contributed by atoms with van der Waals surface area (Å²) in [5.41, 5.74) is 1.13. The summed E-state index contributed by atoms with van der Waals surface area (Å²) >= 11 is 0. The Morgan fingerprint density at radius 3 is 2.67 bits per heavy atom. The zero-order valence-electron chi connectivity index (χ0n) is 15.3. The highest BCUT2D eigenvalue weighted by Crippen LogP contribution is 2.33. The molecule has 1 N–H and O–H groups in total. The van der Waals surface area contributed by atoms with Crippen LogP contribution in [-0.4, -0.2) is 44.9 Å². The van der Waals surface area contributed by atoms with Crippen LogP contribution < -0.4 is 4.72 Å². The maximum atomic E-state index is 12.6. The van der Waals surface area contributed by atoms with Gasteiger partial charge in [0.05, 0.1) is 10.5 Å². The molecule has 0 atom stereocenters. The average Bonchev–Trinajstić information content (AvgIpc) is 3.52. The Kier molecular flexibility index (Phi) is 5.96. The van der Waals surface area contributed by atoms with Crippen LogP contribution in [0.25, 0.3) is 0 Å². The highest BCUT2D eigenvalue weighted by atomic mass is 32.2. The van der Waals surface area contributed by atoms with Gasteiger partial charge in [0.1, 0.15) is 0 Å². The number of ether oxygens (including phenoxy) is 1. The van der Waals surface area contributed by atoms with Gasteiger partial charge in [0.25, 0.3) is 5.91 Å². The first kappa shape index (κ1) is 19.6. The fourth-order valence-corrected chi connectivity index (χ4v) is 3.93. The normalized spacial score (nSPS) is 17.1. The van der Waals surface area contributed by atoms with Crippen molar-refractivity contribution in [3.8, 4) is 0 Å². The molecule has 146 valence electrons. The zero-order chi connectivity index (χ0) is 19.4. The molecule has 8 heteroatoms. The minimum Gasteiger partial charge on any atom is -0.452 e. The van der Waals surface area contributed by atoms with Crippen LogP contribution in [-0.2, 0) is 19.6 Å². The van der Waals surface area contributed by atoms with Crippen molar-refractivity contribution in [2.24, 2.45) is 0 Å². The number of amides is 1. The molecule has 2 aliphatic rings. The third-order valence-electron chi connectivity index (χ3n) is 4.73. The highest BCUT2D eigenvalue weighted by molar-refractivity contribution is 7.89. The molecule has 0 heterocycles. The van der Waals surface area contributed by atoms with E-state index in [2.05, 4.69) is 10.8 Å². The van der Waals surface area contributed by atoms with Gasteiger partial charge in [-0.2, -0.15) is 0 Å². The van der Waals surface area contributed by atoms with E-state index in [1.54, 1.807) is 4.90 Å². The molecule has 2 aliphatic carbocycles. The lowest BCUT2D eigenvalue weighted by molar-refractivity contribution is -0.133. The summed E-state index contributed by atoms with van der Waals surface area (Å²) in [4.78, 5) is 26.7. The first-order valence-corrected chi connectivity index (χ1v) is 10.6. The number of hydrogen-bond acceptors (Lipinski definition) is 5. The Balaban J connectivity index is 1.65. The van der Waals surface area contributed by atoms with Crippen molar-refractivity contribution in [2.75, 3.05) is 13.7 Å². The maximum Gasteiger partial charge on any atom is 0.338 e. The third kappa shape index (κ3) is 4.75. The smallest absolute Gasteiger partial charge is 0.338 e. The molecule has 3 rings (SSSR count). The van der Waals surface area contributed by atoms with Crippen molar-refractivity contribution in [2.45, 2.75) is 49.5 Å². The van der Waals surface area contributed by atoms with E-state index in [-0.39, 0.29) is 29.0 Å².